The van der Waals surface area contributed by atoms with E-state index in [9.17, 15) is 14.7 Å². The first-order chi connectivity index (χ1) is 10.1. The molecule has 1 aromatic heterocycles. The van der Waals surface area contributed by atoms with Gasteiger partial charge in [-0.2, -0.15) is 0 Å². The Kier molecular flexibility index (Phi) is 3.43. The minimum Gasteiger partial charge on any atom is -0.480 e. The molecule has 0 saturated heterocycles. The number of hydrogen-bond donors (Lipinski definition) is 1. The van der Waals surface area contributed by atoms with Crippen LogP contribution in [0.3, 0.4) is 0 Å². The van der Waals surface area contributed by atoms with Gasteiger partial charge in [-0.05, 0) is 28.8 Å². The van der Waals surface area contributed by atoms with Crippen molar-refractivity contribution in [1.82, 2.24) is 4.90 Å². The molecule has 0 fully saturated rings. The number of carboxylic acid groups (broad SMARTS) is 1. The second-order valence-electron chi connectivity index (χ2n) is 4.87. The van der Waals surface area contributed by atoms with Crippen LogP contribution in [0.1, 0.15) is 21.5 Å². The molecule has 1 aromatic carbocycles. The first-order valence-electron chi connectivity index (χ1n) is 6.41. The van der Waals surface area contributed by atoms with E-state index in [0.29, 0.717) is 0 Å². The standard InChI is InChI=1S/C15H12ClNO4/c16-13-11(5-6-21-13)14(18)17-8-10-4-2-1-3-9(10)7-12(17)15(19)20/h1-6,12H,7-8H2,(H,19,20)/t12-/m0/s1. The second kappa shape index (κ2) is 5.26. The van der Waals surface area contributed by atoms with E-state index in [0.717, 1.165) is 11.1 Å². The Balaban J connectivity index is 1.98. The Labute approximate surface area is 125 Å². The predicted molar refractivity (Wildman–Crippen MR) is 75.2 cm³/mol. The van der Waals surface area contributed by atoms with Crippen molar-refractivity contribution in [2.24, 2.45) is 0 Å². The van der Waals surface area contributed by atoms with Crippen molar-refractivity contribution in [2.75, 3.05) is 0 Å². The maximum atomic E-state index is 12.5. The molecule has 2 aromatic rings. The molecule has 0 aliphatic carbocycles. The van der Waals surface area contributed by atoms with Crippen LogP contribution in [0.25, 0.3) is 0 Å². The zero-order valence-corrected chi connectivity index (χ0v) is 11.7. The van der Waals surface area contributed by atoms with Gasteiger partial charge in [0.1, 0.15) is 6.04 Å². The number of hydrogen-bond acceptors (Lipinski definition) is 3. The summed E-state index contributed by atoms with van der Waals surface area (Å²) in [5.74, 6) is -1.46. The van der Waals surface area contributed by atoms with E-state index in [1.54, 1.807) is 0 Å². The van der Waals surface area contributed by atoms with Crippen LogP contribution in [-0.4, -0.2) is 27.9 Å². The highest BCUT2D eigenvalue weighted by Crippen LogP contribution is 2.27. The van der Waals surface area contributed by atoms with Gasteiger partial charge in [-0.1, -0.05) is 24.3 Å². The molecular formula is C15H12ClNO4. The molecule has 0 bridgehead atoms. The van der Waals surface area contributed by atoms with Crippen LogP contribution in [0.5, 0.6) is 0 Å². The largest absolute Gasteiger partial charge is 0.480 e. The number of rotatable bonds is 2. The number of halogens is 1. The Morgan fingerprint density at radius 1 is 1.24 bits per heavy atom. The molecule has 0 unspecified atom stereocenters. The fourth-order valence-electron chi connectivity index (χ4n) is 2.56. The fourth-order valence-corrected chi connectivity index (χ4v) is 2.75. The average molecular weight is 306 g/mol. The van der Waals surface area contributed by atoms with Crippen LogP contribution in [0.4, 0.5) is 0 Å². The molecule has 1 aliphatic heterocycles. The van der Waals surface area contributed by atoms with Crippen LogP contribution < -0.4 is 0 Å². The highest BCUT2D eigenvalue weighted by atomic mass is 35.5. The van der Waals surface area contributed by atoms with Gasteiger partial charge in [-0.25, -0.2) is 4.79 Å². The molecule has 108 valence electrons. The van der Waals surface area contributed by atoms with Gasteiger partial charge in [0.15, 0.2) is 0 Å². The average Bonchev–Trinajstić information content (AvgIpc) is 2.91. The number of aliphatic carboxylic acids is 1. The highest BCUT2D eigenvalue weighted by Gasteiger charge is 2.35. The molecule has 21 heavy (non-hydrogen) atoms. The van der Waals surface area contributed by atoms with Gasteiger partial charge < -0.3 is 14.4 Å². The molecule has 6 heteroatoms. The van der Waals surface area contributed by atoms with Crippen LogP contribution >= 0.6 is 11.6 Å². The van der Waals surface area contributed by atoms with Gasteiger partial charge in [0.25, 0.3) is 5.91 Å². The van der Waals surface area contributed by atoms with Gasteiger partial charge >= 0.3 is 5.97 Å². The minimum atomic E-state index is -1.03. The lowest BCUT2D eigenvalue weighted by Gasteiger charge is -2.34. The van der Waals surface area contributed by atoms with Gasteiger partial charge in [0.2, 0.25) is 5.22 Å². The van der Waals surface area contributed by atoms with Crippen molar-refractivity contribution < 1.29 is 19.1 Å². The number of benzene rings is 1. The maximum absolute atomic E-state index is 12.5. The van der Waals surface area contributed by atoms with Crippen molar-refractivity contribution >= 4 is 23.5 Å². The van der Waals surface area contributed by atoms with Crippen molar-refractivity contribution in [3.8, 4) is 0 Å². The first kappa shape index (κ1) is 13.7. The summed E-state index contributed by atoms with van der Waals surface area (Å²) in [5, 5.41) is 9.37. The van der Waals surface area contributed by atoms with E-state index in [1.807, 2.05) is 24.3 Å². The van der Waals surface area contributed by atoms with E-state index >= 15 is 0 Å². The molecule has 1 aliphatic rings. The third-order valence-electron chi connectivity index (χ3n) is 3.64. The number of carbonyl (C=O) groups excluding carboxylic acids is 1. The van der Waals surface area contributed by atoms with Gasteiger partial charge in [0, 0.05) is 13.0 Å². The highest BCUT2D eigenvalue weighted by molar-refractivity contribution is 6.32. The third-order valence-corrected chi connectivity index (χ3v) is 3.94. The summed E-state index contributed by atoms with van der Waals surface area (Å²) in [6.45, 7) is 0.244. The Morgan fingerprint density at radius 3 is 2.57 bits per heavy atom. The molecule has 0 saturated carbocycles. The number of carbonyl (C=O) groups is 2. The molecule has 3 rings (SSSR count). The van der Waals surface area contributed by atoms with E-state index in [4.69, 9.17) is 16.0 Å². The van der Waals surface area contributed by atoms with Crippen LogP contribution in [0.2, 0.25) is 5.22 Å². The van der Waals surface area contributed by atoms with Crippen LogP contribution in [0, 0.1) is 0 Å². The molecular weight excluding hydrogens is 294 g/mol. The first-order valence-corrected chi connectivity index (χ1v) is 6.79. The number of furan rings is 1. The third kappa shape index (κ3) is 2.40. The number of carboxylic acids is 1. The molecule has 0 spiro atoms. The summed E-state index contributed by atoms with van der Waals surface area (Å²) in [7, 11) is 0. The van der Waals surface area contributed by atoms with Crippen molar-refractivity contribution in [1.29, 1.82) is 0 Å². The summed E-state index contributed by atoms with van der Waals surface area (Å²) in [5.41, 5.74) is 2.08. The van der Waals surface area contributed by atoms with E-state index in [-0.39, 0.29) is 23.7 Å². The summed E-state index contributed by atoms with van der Waals surface area (Å²) < 4.78 is 4.91. The lowest BCUT2D eigenvalue weighted by atomic mass is 9.93. The monoisotopic (exact) mass is 305 g/mol. The summed E-state index contributed by atoms with van der Waals surface area (Å²) in [6.07, 6.45) is 1.59. The zero-order valence-electron chi connectivity index (χ0n) is 11.0. The lowest BCUT2D eigenvalue weighted by molar-refractivity contribution is -0.142. The minimum absolute atomic E-state index is 0.0250. The maximum Gasteiger partial charge on any atom is 0.326 e. The topological polar surface area (TPSA) is 70.8 Å². The van der Waals surface area contributed by atoms with Gasteiger partial charge in [-0.3, -0.25) is 4.79 Å². The predicted octanol–water partition coefficient (Wildman–Crippen LogP) is 2.58. The molecule has 0 radical (unpaired) electrons. The van der Waals surface area contributed by atoms with Crippen LogP contribution in [-0.2, 0) is 17.8 Å². The van der Waals surface area contributed by atoms with E-state index < -0.39 is 17.9 Å². The van der Waals surface area contributed by atoms with Gasteiger partial charge in [-0.15, -0.1) is 0 Å². The van der Waals surface area contributed by atoms with Crippen molar-refractivity contribution in [3.63, 3.8) is 0 Å². The normalized spacial score (nSPS) is 17.4. The van der Waals surface area contributed by atoms with Crippen molar-refractivity contribution in [2.45, 2.75) is 19.0 Å². The smallest absolute Gasteiger partial charge is 0.326 e. The molecule has 1 N–H and O–H groups in total. The van der Waals surface area contributed by atoms with Gasteiger partial charge in [0.05, 0.1) is 11.8 Å². The van der Waals surface area contributed by atoms with E-state index in [1.165, 1.54) is 17.2 Å². The summed E-state index contributed by atoms with van der Waals surface area (Å²) in [6, 6.07) is 8.06. The lowest BCUT2D eigenvalue weighted by Crippen LogP contribution is -2.48. The fraction of sp³-hybridized carbons (Fsp3) is 0.200. The van der Waals surface area contributed by atoms with Crippen LogP contribution in [0.15, 0.2) is 41.0 Å². The van der Waals surface area contributed by atoms with Crippen molar-refractivity contribution in [3.05, 3.63) is 58.5 Å². The molecule has 1 atom stereocenters. The zero-order chi connectivity index (χ0) is 15.0. The SMILES string of the molecule is O=C(O)[C@@H]1Cc2ccccc2CN1C(=O)c1ccoc1Cl. The van der Waals surface area contributed by atoms with E-state index in [2.05, 4.69) is 0 Å². The molecule has 5 nitrogen and oxygen atoms in total. The quantitative estimate of drug-likeness (QED) is 0.925. The Morgan fingerprint density at radius 2 is 1.95 bits per heavy atom. The number of fused-ring (bicyclic) bond motifs is 1. The number of amides is 1. The summed E-state index contributed by atoms with van der Waals surface area (Å²) in [4.78, 5) is 25.3. The molecule has 1 amide bonds. The Bertz CT molecular complexity index is 709. The number of nitrogens with zero attached hydrogens (tertiary/aromatic N) is 1. The second-order valence-corrected chi connectivity index (χ2v) is 5.21. The Hall–Kier alpha value is -2.27. The summed E-state index contributed by atoms with van der Waals surface area (Å²) >= 11 is 5.82. The molecule has 2 heterocycles.